The third kappa shape index (κ3) is 3.77. The highest BCUT2D eigenvalue weighted by molar-refractivity contribution is 6.04. The molecule has 3 amide bonds. The van der Waals surface area contributed by atoms with E-state index in [-0.39, 0.29) is 29.8 Å². The van der Waals surface area contributed by atoms with E-state index in [0.29, 0.717) is 13.0 Å². The number of carbonyl (C=O) groups is 3. The molecule has 2 rings (SSSR count). The summed E-state index contributed by atoms with van der Waals surface area (Å²) in [5, 5.41) is 5.25. The minimum atomic E-state index is -0.228. The van der Waals surface area contributed by atoms with Gasteiger partial charge in [0.1, 0.15) is 26.2 Å². The minimum Gasteiger partial charge on any atom is -0.349 e. The van der Waals surface area contributed by atoms with Crippen LogP contribution in [0, 0.1) is 0 Å². The summed E-state index contributed by atoms with van der Waals surface area (Å²) in [4.78, 5) is 37.0. The molecule has 2 saturated heterocycles. The van der Waals surface area contributed by atoms with E-state index in [0.717, 1.165) is 26.2 Å². The van der Waals surface area contributed by atoms with Gasteiger partial charge in [-0.3, -0.25) is 19.7 Å². The molecule has 20 heavy (non-hydrogen) atoms. The van der Waals surface area contributed by atoms with E-state index >= 15 is 0 Å². The maximum absolute atomic E-state index is 11.7. The van der Waals surface area contributed by atoms with Gasteiger partial charge in [0.05, 0.1) is 6.42 Å². The van der Waals surface area contributed by atoms with Crippen molar-refractivity contribution in [3.8, 4) is 0 Å². The van der Waals surface area contributed by atoms with Gasteiger partial charge in [0.2, 0.25) is 5.91 Å². The lowest BCUT2D eigenvalue weighted by Gasteiger charge is -2.31. The number of carbonyl (C=O) groups excluding carboxylic acids is 3. The summed E-state index contributed by atoms with van der Waals surface area (Å²) in [6, 6.07) is -0.0597. The quantitative estimate of drug-likeness (QED) is 0.394. The number of nitrogens with one attached hydrogen (secondary N) is 4. The Hall–Kier alpha value is -1.47. The van der Waals surface area contributed by atoms with Gasteiger partial charge in [0.15, 0.2) is 12.6 Å². The summed E-state index contributed by atoms with van der Waals surface area (Å²) in [7, 11) is 0. The van der Waals surface area contributed by atoms with Gasteiger partial charge < -0.3 is 15.1 Å². The van der Waals surface area contributed by atoms with Crippen molar-refractivity contribution in [1.82, 2.24) is 10.6 Å². The highest BCUT2D eigenvalue weighted by Gasteiger charge is 2.41. The fourth-order valence-electron chi connectivity index (χ4n) is 2.93. The number of quaternary nitrogens is 2. The third-order valence-corrected chi connectivity index (χ3v) is 3.92. The SMILES string of the molecule is CC(C)NC(=O)C[NH+]1CC[NH+]([C@H]2CC(=O)NC2=O)CC1. The summed E-state index contributed by atoms with van der Waals surface area (Å²) in [5.74, 6) is -0.239. The first kappa shape index (κ1) is 14.9. The molecule has 4 N–H and O–H groups in total. The van der Waals surface area contributed by atoms with Crippen molar-refractivity contribution in [2.45, 2.75) is 32.4 Å². The zero-order valence-electron chi connectivity index (χ0n) is 12.1. The minimum absolute atomic E-state index is 0.0761. The molecule has 2 aliphatic rings. The molecule has 0 saturated carbocycles. The van der Waals surface area contributed by atoms with E-state index in [2.05, 4.69) is 10.6 Å². The first-order valence-electron chi connectivity index (χ1n) is 7.27. The Morgan fingerprint density at radius 3 is 2.45 bits per heavy atom. The molecule has 0 spiro atoms. The number of hydrogen-bond donors (Lipinski definition) is 4. The normalized spacial score (nSPS) is 30.4. The van der Waals surface area contributed by atoms with Crippen LogP contribution in [0.1, 0.15) is 20.3 Å². The van der Waals surface area contributed by atoms with Gasteiger partial charge in [-0.1, -0.05) is 0 Å². The smallest absolute Gasteiger partial charge is 0.285 e. The topological polar surface area (TPSA) is 84.2 Å². The Labute approximate surface area is 118 Å². The largest absolute Gasteiger partial charge is 0.349 e. The molecule has 7 nitrogen and oxygen atoms in total. The number of hydrogen-bond acceptors (Lipinski definition) is 3. The van der Waals surface area contributed by atoms with E-state index in [1.165, 1.54) is 9.80 Å². The van der Waals surface area contributed by atoms with Crippen LogP contribution in [0.25, 0.3) is 0 Å². The Balaban J connectivity index is 1.76. The van der Waals surface area contributed by atoms with Crippen LogP contribution in [0.4, 0.5) is 0 Å². The summed E-state index contributed by atoms with van der Waals surface area (Å²) < 4.78 is 0. The molecule has 0 aromatic heterocycles. The lowest BCUT2D eigenvalue weighted by atomic mass is 10.1. The van der Waals surface area contributed by atoms with Gasteiger partial charge in [-0.05, 0) is 13.8 Å². The monoisotopic (exact) mass is 284 g/mol. The lowest BCUT2D eigenvalue weighted by molar-refractivity contribution is -1.02. The second kappa shape index (κ2) is 6.32. The van der Waals surface area contributed by atoms with Crippen LogP contribution in [-0.2, 0) is 14.4 Å². The number of amides is 3. The van der Waals surface area contributed by atoms with Crippen molar-refractivity contribution in [3.63, 3.8) is 0 Å². The van der Waals surface area contributed by atoms with Crippen LogP contribution < -0.4 is 20.4 Å². The standard InChI is InChI=1S/C13H22N4O3/c1-9(2)14-12(19)8-16-3-5-17(6-4-16)10-7-11(18)15-13(10)20/h9-10H,3-8H2,1-2H3,(H,14,19)(H,15,18,20)/p+2/t10-/m0/s1. The van der Waals surface area contributed by atoms with Crippen LogP contribution >= 0.6 is 0 Å². The molecule has 7 heteroatoms. The van der Waals surface area contributed by atoms with Crippen LogP contribution in [-0.4, -0.2) is 62.5 Å². The van der Waals surface area contributed by atoms with Crippen molar-refractivity contribution < 1.29 is 24.2 Å². The summed E-state index contributed by atoms with van der Waals surface area (Å²) in [6.07, 6.45) is 0.303. The average Bonchev–Trinajstić information content (AvgIpc) is 2.68. The van der Waals surface area contributed by atoms with Gasteiger partial charge >= 0.3 is 0 Å². The van der Waals surface area contributed by atoms with Gasteiger partial charge in [-0.15, -0.1) is 0 Å². The van der Waals surface area contributed by atoms with Gasteiger partial charge in [0, 0.05) is 6.04 Å². The Kier molecular flexibility index (Phi) is 4.72. The summed E-state index contributed by atoms with van der Waals surface area (Å²) >= 11 is 0. The molecule has 0 unspecified atom stereocenters. The van der Waals surface area contributed by atoms with Gasteiger partial charge in [-0.25, -0.2) is 0 Å². The van der Waals surface area contributed by atoms with Gasteiger partial charge in [-0.2, -0.15) is 0 Å². The molecular formula is C13H24N4O3+2. The fraction of sp³-hybridized carbons (Fsp3) is 0.769. The third-order valence-electron chi connectivity index (χ3n) is 3.92. The molecule has 112 valence electrons. The van der Waals surface area contributed by atoms with Crippen molar-refractivity contribution >= 4 is 17.7 Å². The maximum Gasteiger partial charge on any atom is 0.285 e. The molecule has 0 aromatic rings. The lowest BCUT2D eigenvalue weighted by Crippen LogP contribution is -3.30. The molecule has 0 aliphatic carbocycles. The number of rotatable bonds is 4. The second-order valence-corrected chi connectivity index (χ2v) is 5.98. The molecule has 2 fully saturated rings. The zero-order chi connectivity index (χ0) is 14.7. The van der Waals surface area contributed by atoms with E-state index in [1.54, 1.807) is 0 Å². The predicted octanol–water partition coefficient (Wildman–Crippen LogP) is -4.29. The first-order valence-corrected chi connectivity index (χ1v) is 7.27. The average molecular weight is 284 g/mol. The highest BCUT2D eigenvalue weighted by atomic mass is 16.2. The molecule has 0 bridgehead atoms. The van der Waals surface area contributed by atoms with E-state index in [4.69, 9.17) is 0 Å². The van der Waals surface area contributed by atoms with Crippen LogP contribution in [0.5, 0.6) is 0 Å². The Bertz CT molecular complexity index is 402. The number of imide groups is 1. The maximum atomic E-state index is 11.7. The Morgan fingerprint density at radius 1 is 1.30 bits per heavy atom. The highest BCUT2D eigenvalue weighted by Crippen LogP contribution is 1.97. The molecule has 0 aromatic carbocycles. The van der Waals surface area contributed by atoms with E-state index in [1.807, 2.05) is 13.8 Å². The van der Waals surface area contributed by atoms with Crippen molar-refractivity contribution in [1.29, 1.82) is 0 Å². The van der Waals surface area contributed by atoms with Crippen LogP contribution in [0.3, 0.4) is 0 Å². The van der Waals surface area contributed by atoms with Crippen LogP contribution in [0.2, 0.25) is 0 Å². The molecule has 2 heterocycles. The number of piperazine rings is 1. The van der Waals surface area contributed by atoms with Gasteiger partial charge in [0.25, 0.3) is 11.8 Å². The first-order chi connectivity index (χ1) is 9.45. The molecule has 0 radical (unpaired) electrons. The predicted molar refractivity (Wildman–Crippen MR) is 71.1 cm³/mol. The van der Waals surface area contributed by atoms with E-state index < -0.39 is 0 Å². The fourth-order valence-corrected chi connectivity index (χ4v) is 2.93. The van der Waals surface area contributed by atoms with Crippen molar-refractivity contribution in [2.75, 3.05) is 32.7 Å². The van der Waals surface area contributed by atoms with E-state index in [9.17, 15) is 14.4 Å². The zero-order valence-corrected chi connectivity index (χ0v) is 12.1. The molecular weight excluding hydrogens is 260 g/mol. The van der Waals surface area contributed by atoms with Crippen molar-refractivity contribution in [2.24, 2.45) is 0 Å². The molecule has 1 atom stereocenters. The Morgan fingerprint density at radius 2 is 1.95 bits per heavy atom. The van der Waals surface area contributed by atoms with Crippen molar-refractivity contribution in [3.05, 3.63) is 0 Å². The molecule has 2 aliphatic heterocycles. The van der Waals surface area contributed by atoms with Crippen LogP contribution in [0.15, 0.2) is 0 Å². The summed E-state index contributed by atoms with van der Waals surface area (Å²) in [5.41, 5.74) is 0. The second-order valence-electron chi connectivity index (χ2n) is 5.98. The summed E-state index contributed by atoms with van der Waals surface area (Å²) in [6.45, 7) is 7.76.